The Hall–Kier alpha value is -1.61. The van der Waals surface area contributed by atoms with Crippen LogP contribution in [0.4, 0.5) is 0 Å². The molecular formula is C18H22N2O. The molecule has 1 N–H and O–H groups in total. The Morgan fingerprint density at radius 1 is 1.33 bits per heavy atom. The van der Waals surface area contributed by atoms with E-state index in [0.717, 1.165) is 30.5 Å². The van der Waals surface area contributed by atoms with E-state index in [9.17, 15) is 0 Å². The van der Waals surface area contributed by atoms with Gasteiger partial charge in [0.1, 0.15) is 0 Å². The number of nitrogens with one attached hydrogen (secondary N) is 1. The molecule has 1 aliphatic carbocycles. The fourth-order valence-corrected chi connectivity index (χ4v) is 4.03. The minimum Gasteiger partial charge on any atom is -0.375 e. The molecule has 1 spiro atoms. The summed E-state index contributed by atoms with van der Waals surface area (Å²) in [6, 6.07) is 4.06. The molecule has 110 valence electrons. The Kier molecular flexibility index (Phi) is 2.77. The van der Waals surface area contributed by atoms with Crippen molar-refractivity contribution in [2.75, 3.05) is 6.61 Å². The molecule has 3 nitrogen and oxygen atoms in total. The summed E-state index contributed by atoms with van der Waals surface area (Å²) < 4.78 is 5.98. The van der Waals surface area contributed by atoms with Gasteiger partial charge >= 0.3 is 0 Å². The minimum atomic E-state index is 0.0493. The summed E-state index contributed by atoms with van der Waals surface area (Å²) in [5.74, 6) is 0. The molecule has 3 heteroatoms. The summed E-state index contributed by atoms with van der Waals surface area (Å²) in [4.78, 5) is 7.86. The number of aromatic nitrogens is 2. The van der Waals surface area contributed by atoms with E-state index in [4.69, 9.17) is 4.74 Å². The topological polar surface area (TPSA) is 37.9 Å². The van der Waals surface area contributed by atoms with E-state index in [0.29, 0.717) is 5.41 Å². The van der Waals surface area contributed by atoms with Crippen molar-refractivity contribution in [2.45, 2.75) is 45.1 Å². The lowest BCUT2D eigenvalue weighted by Crippen LogP contribution is -2.25. The van der Waals surface area contributed by atoms with Gasteiger partial charge in [-0.2, -0.15) is 0 Å². The molecule has 1 fully saturated rings. The van der Waals surface area contributed by atoms with Gasteiger partial charge in [0.25, 0.3) is 0 Å². The van der Waals surface area contributed by atoms with Crippen molar-refractivity contribution in [1.29, 1.82) is 0 Å². The van der Waals surface area contributed by atoms with Gasteiger partial charge < -0.3 is 9.72 Å². The number of hydrogen-bond donors (Lipinski definition) is 1. The van der Waals surface area contributed by atoms with Crippen LogP contribution in [0.2, 0.25) is 0 Å². The quantitative estimate of drug-likeness (QED) is 0.846. The molecule has 1 aliphatic heterocycles. The van der Waals surface area contributed by atoms with Crippen LogP contribution in [0.15, 0.2) is 30.6 Å². The normalized spacial score (nSPS) is 28.2. The Labute approximate surface area is 125 Å². The monoisotopic (exact) mass is 282 g/mol. The SMILES string of the molecule is CC1(C)CC2(CC=C(c3c[nH]c4cccnc34)CC2)CO1. The second kappa shape index (κ2) is 4.44. The summed E-state index contributed by atoms with van der Waals surface area (Å²) in [5, 5.41) is 0. The molecule has 0 amide bonds. The summed E-state index contributed by atoms with van der Waals surface area (Å²) >= 11 is 0. The molecule has 0 saturated carbocycles. The molecular weight excluding hydrogens is 260 g/mol. The molecule has 3 heterocycles. The van der Waals surface area contributed by atoms with E-state index in [1.807, 2.05) is 12.3 Å². The summed E-state index contributed by atoms with van der Waals surface area (Å²) in [6.45, 7) is 5.34. The second-order valence-corrected chi connectivity index (χ2v) is 7.26. The second-order valence-electron chi connectivity index (χ2n) is 7.26. The first-order valence-electron chi connectivity index (χ1n) is 7.83. The van der Waals surface area contributed by atoms with Crippen LogP contribution in [0.25, 0.3) is 16.6 Å². The van der Waals surface area contributed by atoms with Crippen molar-refractivity contribution in [1.82, 2.24) is 9.97 Å². The van der Waals surface area contributed by atoms with Gasteiger partial charge in [-0.25, -0.2) is 0 Å². The van der Waals surface area contributed by atoms with Gasteiger partial charge in [0.15, 0.2) is 0 Å². The van der Waals surface area contributed by atoms with Gasteiger partial charge in [-0.3, -0.25) is 4.98 Å². The maximum absolute atomic E-state index is 5.98. The molecule has 2 aromatic rings. The van der Waals surface area contributed by atoms with Crippen molar-refractivity contribution < 1.29 is 4.74 Å². The van der Waals surface area contributed by atoms with Gasteiger partial charge in [-0.15, -0.1) is 0 Å². The predicted molar refractivity (Wildman–Crippen MR) is 85.0 cm³/mol. The van der Waals surface area contributed by atoms with Crippen LogP contribution in [0.1, 0.15) is 45.1 Å². The first kappa shape index (κ1) is 13.1. The highest BCUT2D eigenvalue weighted by Gasteiger charge is 2.44. The number of pyridine rings is 1. The highest BCUT2D eigenvalue weighted by atomic mass is 16.5. The Morgan fingerprint density at radius 2 is 2.24 bits per heavy atom. The molecule has 2 aliphatic rings. The van der Waals surface area contributed by atoms with Crippen molar-refractivity contribution in [3.8, 4) is 0 Å². The number of rotatable bonds is 1. The van der Waals surface area contributed by atoms with Crippen LogP contribution in [-0.4, -0.2) is 22.2 Å². The van der Waals surface area contributed by atoms with Gasteiger partial charge in [0.05, 0.1) is 23.2 Å². The number of allylic oxidation sites excluding steroid dienone is 2. The molecule has 1 saturated heterocycles. The van der Waals surface area contributed by atoms with E-state index < -0.39 is 0 Å². The fraction of sp³-hybridized carbons (Fsp3) is 0.500. The van der Waals surface area contributed by atoms with Gasteiger partial charge in [-0.05, 0) is 57.2 Å². The van der Waals surface area contributed by atoms with E-state index in [2.05, 4.69) is 42.2 Å². The third-order valence-corrected chi connectivity index (χ3v) is 5.06. The average Bonchev–Trinajstić information content (AvgIpc) is 3.02. The average molecular weight is 282 g/mol. The van der Waals surface area contributed by atoms with Crippen LogP contribution in [0, 0.1) is 5.41 Å². The molecule has 1 unspecified atom stereocenters. The van der Waals surface area contributed by atoms with E-state index in [-0.39, 0.29) is 5.60 Å². The molecule has 2 aromatic heterocycles. The number of hydrogen-bond acceptors (Lipinski definition) is 2. The van der Waals surface area contributed by atoms with Crippen molar-refractivity contribution in [3.63, 3.8) is 0 Å². The summed E-state index contributed by atoms with van der Waals surface area (Å²) in [6.07, 6.45) is 11.1. The highest BCUT2D eigenvalue weighted by Crippen LogP contribution is 2.49. The number of ether oxygens (including phenoxy) is 1. The van der Waals surface area contributed by atoms with Gasteiger partial charge in [-0.1, -0.05) is 6.08 Å². The van der Waals surface area contributed by atoms with Crippen LogP contribution < -0.4 is 0 Å². The summed E-state index contributed by atoms with van der Waals surface area (Å²) in [5.41, 5.74) is 5.36. The molecule has 0 bridgehead atoms. The van der Waals surface area contributed by atoms with Crippen molar-refractivity contribution in [3.05, 3.63) is 36.2 Å². The van der Waals surface area contributed by atoms with Crippen LogP contribution >= 0.6 is 0 Å². The molecule has 21 heavy (non-hydrogen) atoms. The zero-order valence-electron chi connectivity index (χ0n) is 12.8. The highest BCUT2D eigenvalue weighted by molar-refractivity contribution is 5.89. The van der Waals surface area contributed by atoms with Crippen molar-refractivity contribution in [2.24, 2.45) is 5.41 Å². The third-order valence-electron chi connectivity index (χ3n) is 5.06. The Morgan fingerprint density at radius 3 is 2.95 bits per heavy atom. The first-order chi connectivity index (χ1) is 10.1. The molecule has 1 atom stereocenters. The Bertz CT molecular complexity index is 713. The van der Waals surface area contributed by atoms with Crippen molar-refractivity contribution >= 4 is 16.6 Å². The zero-order chi connectivity index (χ0) is 14.5. The van der Waals surface area contributed by atoms with Gasteiger partial charge in [0.2, 0.25) is 0 Å². The van der Waals surface area contributed by atoms with E-state index in [1.54, 1.807) is 0 Å². The fourth-order valence-electron chi connectivity index (χ4n) is 4.03. The van der Waals surface area contributed by atoms with E-state index >= 15 is 0 Å². The first-order valence-corrected chi connectivity index (χ1v) is 7.83. The number of aromatic amines is 1. The van der Waals surface area contributed by atoms with Crippen LogP contribution in [-0.2, 0) is 4.74 Å². The molecule has 0 aromatic carbocycles. The number of H-pyrrole nitrogens is 1. The van der Waals surface area contributed by atoms with Crippen LogP contribution in [0.5, 0.6) is 0 Å². The smallest absolute Gasteiger partial charge is 0.0953 e. The standard InChI is InChI=1S/C18H22N2O/c1-17(2)11-18(12-21-17)7-5-13(6-8-18)14-10-20-15-4-3-9-19-16(14)15/h3-5,9-10,20H,6-8,11-12H2,1-2H3. The third kappa shape index (κ3) is 2.20. The lowest BCUT2D eigenvalue weighted by atomic mass is 9.71. The molecule has 4 rings (SSSR count). The number of nitrogens with zero attached hydrogens (tertiary/aromatic N) is 1. The van der Waals surface area contributed by atoms with Gasteiger partial charge in [0, 0.05) is 23.4 Å². The predicted octanol–water partition coefficient (Wildman–Crippen LogP) is 4.32. The largest absolute Gasteiger partial charge is 0.375 e. The lowest BCUT2D eigenvalue weighted by Gasteiger charge is -2.32. The lowest BCUT2D eigenvalue weighted by molar-refractivity contribution is 0.0306. The maximum Gasteiger partial charge on any atom is 0.0953 e. The summed E-state index contributed by atoms with van der Waals surface area (Å²) in [7, 11) is 0. The Balaban J connectivity index is 1.63. The van der Waals surface area contributed by atoms with Crippen LogP contribution in [0.3, 0.4) is 0 Å². The van der Waals surface area contributed by atoms with E-state index in [1.165, 1.54) is 24.0 Å². The zero-order valence-corrected chi connectivity index (χ0v) is 12.8. The number of fused-ring (bicyclic) bond motifs is 1. The minimum absolute atomic E-state index is 0.0493. The molecule has 0 radical (unpaired) electrons. The maximum atomic E-state index is 5.98.